The lowest BCUT2D eigenvalue weighted by molar-refractivity contribution is -0.254. The van der Waals surface area contributed by atoms with E-state index in [9.17, 15) is 60.0 Å². The smallest absolute Gasteiger partial charge is 0.303 e. The summed E-state index contributed by atoms with van der Waals surface area (Å²) >= 11 is 0. The van der Waals surface area contributed by atoms with Crippen LogP contribution < -0.4 is 0 Å². The van der Waals surface area contributed by atoms with Crippen molar-refractivity contribution < 1.29 is 93.2 Å². The Bertz CT molecular complexity index is 3110. The highest BCUT2D eigenvalue weighted by molar-refractivity contribution is 5.69. The zero-order chi connectivity index (χ0) is 65.2. The van der Waals surface area contributed by atoms with Crippen LogP contribution >= 0.6 is 0 Å². The van der Waals surface area contributed by atoms with Crippen LogP contribution in [0.15, 0.2) is 146 Å². The molecular formula is C71H86O19. The standard InChI is InChI=1S/C29H34O9.2C21H26O5/c1-6-21-10-12-22(13-11-21)14-23-8-7-9-24(15-23)26-28(36-19(4)32)29(37-20(5)33)27(35-18(3)31)25(38-26)16-34-17(2)30;2*1-2-13-6-8-14(9-7-13)10-15-4-3-5-16(11-15)21-20(25)19(24)18(23)17(12-22)26-21/h7-13,15,25-29H,6,14,16H2,1-5H3;2*3-9,11,17-25H,2,10,12H2,1H3/t25-,26+,27-,28+,29+;2*17-,18-,19+,20-,21+/m111/s1. The largest absolute Gasteiger partial charge is 0.463 e. The highest BCUT2D eigenvalue weighted by atomic mass is 16.7. The number of carbonyl (C=O) groups is 4. The minimum atomic E-state index is -1.36. The van der Waals surface area contributed by atoms with E-state index in [0.29, 0.717) is 23.1 Å². The van der Waals surface area contributed by atoms with Crippen molar-refractivity contribution in [2.75, 3.05) is 19.8 Å². The van der Waals surface area contributed by atoms with E-state index in [2.05, 4.69) is 93.6 Å². The van der Waals surface area contributed by atoms with Gasteiger partial charge in [-0.3, -0.25) is 19.2 Å². The van der Waals surface area contributed by atoms with Gasteiger partial charge in [-0.15, -0.1) is 0 Å². The molecule has 3 saturated heterocycles. The van der Waals surface area contributed by atoms with Crippen LogP contribution in [-0.2, 0) is 90.9 Å². The molecule has 3 fully saturated rings. The predicted molar refractivity (Wildman–Crippen MR) is 332 cm³/mol. The molecule has 0 amide bonds. The molecule has 0 bridgehead atoms. The molecule has 8 N–H and O–H groups in total. The molecule has 0 spiro atoms. The van der Waals surface area contributed by atoms with Gasteiger partial charge in [0.1, 0.15) is 79.9 Å². The topological polar surface area (TPSA) is 295 Å². The number of rotatable bonds is 19. The fourth-order valence-corrected chi connectivity index (χ4v) is 11.3. The van der Waals surface area contributed by atoms with Gasteiger partial charge >= 0.3 is 23.9 Å². The molecule has 3 aliphatic heterocycles. The third kappa shape index (κ3) is 19.2. The molecule has 0 aromatic heterocycles. The van der Waals surface area contributed by atoms with E-state index < -0.39 is 129 Å². The number of aliphatic hydroxyl groups is 8. The maximum atomic E-state index is 12.1. The summed E-state index contributed by atoms with van der Waals surface area (Å²) in [5.41, 5.74) is 12.5. The maximum absolute atomic E-state index is 12.1. The van der Waals surface area contributed by atoms with Crippen LogP contribution in [0.1, 0.15) is 134 Å². The van der Waals surface area contributed by atoms with Gasteiger partial charge in [0.2, 0.25) is 0 Å². The Balaban J connectivity index is 0.000000197. The zero-order valence-electron chi connectivity index (χ0n) is 51.9. The summed E-state index contributed by atoms with van der Waals surface area (Å²) in [6.07, 6.45) is -11.6. The van der Waals surface area contributed by atoms with E-state index in [1.54, 1.807) is 0 Å². The van der Waals surface area contributed by atoms with Gasteiger partial charge in [0.25, 0.3) is 0 Å². The van der Waals surface area contributed by atoms with Gasteiger partial charge in [-0.25, -0.2) is 0 Å². The fourth-order valence-electron chi connectivity index (χ4n) is 11.3. The highest BCUT2D eigenvalue weighted by Gasteiger charge is 2.53. The average molecular weight is 1240 g/mol. The summed E-state index contributed by atoms with van der Waals surface area (Å²) in [6.45, 7) is 10.1. The Morgan fingerprint density at radius 2 is 0.667 bits per heavy atom. The molecule has 9 rings (SSSR count). The Hall–Kier alpha value is -7.24. The SMILES string of the molecule is CCc1ccc(Cc2cccc([C@@H]3O[C@H](CO)[C@@H](O)[C@H](O)[C@H]3O)c2)cc1.CCc1ccc(Cc2cccc([C@@H]3O[C@H](CO)[C@@H](O)[C@H](O)[C@H]3O)c2)cc1.CCc1ccc(Cc2cccc([C@@H]3O[C@H](COC(C)=O)[C@@H](OC(C)=O)[C@H](OC(C)=O)[C@H]3OC(C)=O)c2)cc1. The van der Waals surface area contributed by atoms with Crippen molar-refractivity contribution in [3.8, 4) is 0 Å². The maximum Gasteiger partial charge on any atom is 0.303 e. The highest BCUT2D eigenvalue weighted by Crippen LogP contribution is 2.39. The zero-order valence-corrected chi connectivity index (χ0v) is 51.9. The molecule has 0 radical (unpaired) electrons. The van der Waals surface area contributed by atoms with E-state index in [4.69, 9.17) is 33.2 Å². The molecule has 0 aliphatic carbocycles. The second kappa shape index (κ2) is 33.7. The van der Waals surface area contributed by atoms with Gasteiger partial charge in [0.15, 0.2) is 18.3 Å². The molecule has 19 heteroatoms. The Morgan fingerprint density at radius 1 is 0.356 bits per heavy atom. The minimum Gasteiger partial charge on any atom is -0.463 e. The van der Waals surface area contributed by atoms with Crippen LogP contribution in [0.4, 0.5) is 0 Å². The molecule has 6 aromatic carbocycles. The van der Waals surface area contributed by atoms with Gasteiger partial charge < -0.3 is 74.0 Å². The number of benzene rings is 6. The second-order valence-electron chi connectivity index (χ2n) is 22.9. The van der Waals surface area contributed by atoms with Gasteiger partial charge in [0.05, 0.1) is 13.2 Å². The number of hydrogen-bond acceptors (Lipinski definition) is 19. The third-order valence-corrected chi connectivity index (χ3v) is 16.1. The second-order valence-corrected chi connectivity index (χ2v) is 22.9. The van der Waals surface area contributed by atoms with Crippen molar-refractivity contribution >= 4 is 23.9 Å². The van der Waals surface area contributed by atoms with Crippen molar-refractivity contribution in [1.82, 2.24) is 0 Å². The molecule has 15 atom stereocenters. The Kier molecular flexibility index (Phi) is 26.3. The van der Waals surface area contributed by atoms with Crippen LogP contribution in [-0.4, -0.2) is 158 Å². The van der Waals surface area contributed by atoms with Crippen LogP contribution in [0.2, 0.25) is 0 Å². The van der Waals surface area contributed by atoms with Crippen LogP contribution in [0.5, 0.6) is 0 Å². The summed E-state index contributed by atoms with van der Waals surface area (Å²) in [5, 5.41) is 79.1. The summed E-state index contributed by atoms with van der Waals surface area (Å²) in [5.74, 6) is -2.53. The van der Waals surface area contributed by atoms with Gasteiger partial charge in [0, 0.05) is 27.7 Å². The summed E-state index contributed by atoms with van der Waals surface area (Å²) in [7, 11) is 0. The van der Waals surface area contributed by atoms with E-state index in [-0.39, 0.29) is 6.61 Å². The van der Waals surface area contributed by atoms with Gasteiger partial charge in [-0.05, 0) is 105 Å². The van der Waals surface area contributed by atoms with Crippen molar-refractivity contribution in [3.05, 3.63) is 212 Å². The predicted octanol–water partition coefficient (Wildman–Crippen LogP) is 6.35. The first-order chi connectivity index (χ1) is 43.1. The Labute approximate surface area is 525 Å². The normalized spacial score (nSPS) is 26.3. The fraction of sp³-hybridized carbons (Fsp3) is 0.437. The van der Waals surface area contributed by atoms with Crippen molar-refractivity contribution in [3.63, 3.8) is 0 Å². The summed E-state index contributed by atoms with van der Waals surface area (Å²) in [6, 6.07) is 48.1. The Morgan fingerprint density at radius 3 is 0.989 bits per heavy atom. The lowest BCUT2D eigenvalue weighted by atomic mass is 9.89. The van der Waals surface area contributed by atoms with Crippen LogP contribution in [0, 0.1) is 0 Å². The molecule has 90 heavy (non-hydrogen) atoms. The van der Waals surface area contributed by atoms with E-state index >= 15 is 0 Å². The number of hydrogen-bond donors (Lipinski definition) is 8. The van der Waals surface area contributed by atoms with Crippen molar-refractivity contribution in [1.29, 1.82) is 0 Å². The molecule has 19 nitrogen and oxygen atoms in total. The average Bonchev–Trinajstić information content (AvgIpc) is 1.32. The number of carbonyl (C=O) groups excluding carboxylic acids is 4. The minimum absolute atomic E-state index is 0.266. The first kappa shape index (κ1) is 70.2. The molecule has 484 valence electrons. The van der Waals surface area contributed by atoms with Crippen molar-refractivity contribution in [2.24, 2.45) is 0 Å². The van der Waals surface area contributed by atoms with Gasteiger partial charge in [-0.1, -0.05) is 166 Å². The quantitative estimate of drug-likeness (QED) is 0.0324. The first-order valence-corrected chi connectivity index (χ1v) is 30.5. The molecule has 0 saturated carbocycles. The van der Waals surface area contributed by atoms with Crippen molar-refractivity contribution in [2.45, 2.75) is 179 Å². The molecule has 3 heterocycles. The third-order valence-electron chi connectivity index (χ3n) is 16.1. The number of esters is 4. The van der Waals surface area contributed by atoms with E-state index in [1.807, 2.05) is 72.8 Å². The van der Waals surface area contributed by atoms with E-state index in [0.717, 1.165) is 54.4 Å². The van der Waals surface area contributed by atoms with Crippen LogP contribution in [0.3, 0.4) is 0 Å². The number of ether oxygens (including phenoxy) is 7. The molecular weight excluding hydrogens is 1160 g/mol. The van der Waals surface area contributed by atoms with Crippen LogP contribution in [0.25, 0.3) is 0 Å². The number of aliphatic hydroxyl groups excluding tert-OH is 8. The molecule has 3 aliphatic rings. The lowest BCUT2D eigenvalue weighted by Gasteiger charge is -2.44. The molecule has 6 aromatic rings. The number of aryl methyl sites for hydroxylation is 3. The monoisotopic (exact) mass is 1240 g/mol. The first-order valence-electron chi connectivity index (χ1n) is 30.5. The van der Waals surface area contributed by atoms with Gasteiger partial charge in [-0.2, -0.15) is 0 Å². The summed E-state index contributed by atoms with van der Waals surface area (Å²) < 4.78 is 39.3. The van der Waals surface area contributed by atoms with E-state index in [1.165, 1.54) is 55.5 Å². The molecule has 0 unspecified atom stereocenters. The lowest BCUT2D eigenvalue weighted by Crippen LogP contribution is -2.59. The summed E-state index contributed by atoms with van der Waals surface area (Å²) in [4.78, 5) is 47.7.